The first-order chi connectivity index (χ1) is 14.2. The summed E-state index contributed by atoms with van der Waals surface area (Å²) in [6.07, 6.45) is -8.13. The minimum atomic E-state index is -5.10. The standard InChI is InChI=1S/C21H20F3NO5/c1-13-7-9-15(10-8-13)18(26)17(21(22,23)24)19(27)30-25-16(12-29-20(25)28)11-14-5-3-2-4-6-14/h2-10,16-18,26H,11-12H2,1H3/t16-,17+,18+/m0/s1. The first-order valence-corrected chi connectivity index (χ1v) is 9.20. The maximum atomic E-state index is 13.6. The molecule has 3 atom stereocenters. The van der Waals surface area contributed by atoms with Gasteiger partial charge in [-0.25, -0.2) is 9.59 Å². The van der Waals surface area contributed by atoms with Crippen molar-refractivity contribution in [3.05, 3.63) is 71.3 Å². The van der Waals surface area contributed by atoms with Crippen LogP contribution >= 0.6 is 0 Å². The highest BCUT2D eigenvalue weighted by Gasteiger charge is 2.53. The van der Waals surface area contributed by atoms with Crippen molar-refractivity contribution in [3.63, 3.8) is 0 Å². The van der Waals surface area contributed by atoms with Crippen molar-refractivity contribution in [3.8, 4) is 0 Å². The van der Waals surface area contributed by atoms with Crippen LogP contribution in [0.25, 0.3) is 0 Å². The van der Waals surface area contributed by atoms with Gasteiger partial charge in [-0.15, -0.1) is 5.06 Å². The zero-order chi connectivity index (χ0) is 21.9. The highest BCUT2D eigenvalue weighted by atomic mass is 19.4. The van der Waals surface area contributed by atoms with Crippen molar-refractivity contribution in [1.29, 1.82) is 0 Å². The van der Waals surface area contributed by atoms with E-state index in [9.17, 15) is 27.9 Å². The van der Waals surface area contributed by atoms with Gasteiger partial charge in [0.15, 0.2) is 5.92 Å². The van der Waals surface area contributed by atoms with Crippen LogP contribution in [0.15, 0.2) is 54.6 Å². The number of nitrogens with zero attached hydrogens (tertiary/aromatic N) is 1. The molecule has 1 fully saturated rings. The Morgan fingerprint density at radius 2 is 1.83 bits per heavy atom. The normalized spacial score (nSPS) is 18.6. The van der Waals surface area contributed by atoms with Crippen LogP contribution < -0.4 is 0 Å². The topological polar surface area (TPSA) is 76.1 Å². The Kier molecular flexibility index (Phi) is 6.31. The van der Waals surface area contributed by atoms with E-state index in [2.05, 4.69) is 0 Å². The van der Waals surface area contributed by atoms with Gasteiger partial charge >= 0.3 is 18.2 Å². The highest BCUT2D eigenvalue weighted by Crippen LogP contribution is 2.38. The monoisotopic (exact) mass is 423 g/mol. The number of carbonyl (C=O) groups is 2. The lowest BCUT2D eigenvalue weighted by atomic mass is 9.94. The zero-order valence-corrected chi connectivity index (χ0v) is 16.0. The molecule has 30 heavy (non-hydrogen) atoms. The summed E-state index contributed by atoms with van der Waals surface area (Å²) in [5.74, 6) is -4.65. The molecule has 0 spiro atoms. The van der Waals surface area contributed by atoms with Gasteiger partial charge < -0.3 is 14.7 Å². The Morgan fingerprint density at radius 1 is 1.20 bits per heavy atom. The number of aryl methyl sites for hydroxylation is 1. The number of benzene rings is 2. The van der Waals surface area contributed by atoms with Crippen LogP contribution in [0.4, 0.5) is 18.0 Å². The second-order valence-electron chi connectivity index (χ2n) is 7.03. The van der Waals surface area contributed by atoms with Gasteiger partial charge in [0.2, 0.25) is 0 Å². The van der Waals surface area contributed by atoms with Crippen LogP contribution in [-0.2, 0) is 20.8 Å². The van der Waals surface area contributed by atoms with E-state index < -0.39 is 36.3 Å². The Hall–Kier alpha value is -3.07. The van der Waals surface area contributed by atoms with E-state index in [0.717, 1.165) is 11.1 Å². The van der Waals surface area contributed by atoms with E-state index in [1.807, 2.05) is 0 Å². The average Bonchev–Trinajstić information content (AvgIpc) is 3.01. The lowest BCUT2D eigenvalue weighted by Crippen LogP contribution is -2.43. The second-order valence-corrected chi connectivity index (χ2v) is 7.03. The summed E-state index contributed by atoms with van der Waals surface area (Å²) in [7, 11) is 0. The van der Waals surface area contributed by atoms with E-state index >= 15 is 0 Å². The summed E-state index contributed by atoms with van der Waals surface area (Å²) in [6.45, 7) is 1.59. The Balaban J connectivity index is 1.78. The molecular weight excluding hydrogens is 403 g/mol. The zero-order valence-electron chi connectivity index (χ0n) is 16.0. The molecule has 0 unspecified atom stereocenters. The number of rotatable bonds is 6. The van der Waals surface area contributed by atoms with E-state index in [1.165, 1.54) is 24.3 Å². The molecule has 0 radical (unpaired) electrons. The molecule has 1 saturated heterocycles. The van der Waals surface area contributed by atoms with Crippen LogP contribution in [0.5, 0.6) is 0 Å². The third kappa shape index (κ3) is 4.91. The second kappa shape index (κ2) is 8.74. The van der Waals surface area contributed by atoms with Crippen molar-refractivity contribution >= 4 is 12.1 Å². The quantitative estimate of drug-likeness (QED) is 0.766. The molecule has 1 N–H and O–H groups in total. The van der Waals surface area contributed by atoms with Gasteiger partial charge in [0.05, 0.1) is 0 Å². The van der Waals surface area contributed by atoms with Crippen LogP contribution in [0.2, 0.25) is 0 Å². The number of aliphatic hydroxyl groups excluding tert-OH is 1. The predicted octanol–water partition coefficient (Wildman–Crippen LogP) is 3.73. The maximum Gasteiger partial charge on any atom is 0.443 e. The van der Waals surface area contributed by atoms with Gasteiger partial charge in [0, 0.05) is 0 Å². The molecule has 3 rings (SSSR count). The number of carbonyl (C=O) groups excluding carboxylic acids is 2. The predicted molar refractivity (Wildman–Crippen MR) is 98.9 cm³/mol. The first kappa shape index (κ1) is 21.6. The molecule has 160 valence electrons. The number of ether oxygens (including phenoxy) is 1. The molecule has 6 nitrogen and oxygen atoms in total. The molecular formula is C21H20F3NO5. The molecule has 1 aliphatic heterocycles. The van der Waals surface area contributed by atoms with E-state index in [0.29, 0.717) is 5.06 Å². The number of hydrogen-bond acceptors (Lipinski definition) is 5. The lowest BCUT2D eigenvalue weighted by molar-refractivity contribution is -0.235. The number of cyclic esters (lactones) is 1. The molecule has 0 aliphatic carbocycles. The summed E-state index contributed by atoms with van der Waals surface area (Å²) >= 11 is 0. The van der Waals surface area contributed by atoms with Gasteiger partial charge in [-0.2, -0.15) is 13.2 Å². The molecule has 0 saturated carbocycles. The molecule has 2 aromatic carbocycles. The van der Waals surface area contributed by atoms with Crippen LogP contribution in [0, 0.1) is 12.8 Å². The third-order valence-electron chi connectivity index (χ3n) is 4.75. The number of hydroxylamine groups is 2. The SMILES string of the molecule is Cc1ccc([C@@H](O)[C@H](C(=O)ON2C(=O)OC[C@@H]2Cc2ccccc2)C(F)(F)F)cc1. The molecule has 1 amide bonds. The molecule has 1 aliphatic rings. The van der Waals surface area contributed by atoms with Crippen molar-refractivity contribution in [2.45, 2.75) is 31.7 Å². The van der Waals surface area contributed by atoms with Gasteiger partial charge in [-0.1, -0.05) is 60.2 Å². The fourth-order valence-electron chi connectivity index (χ4n) is 3.14. The van der Waals surface area contributed by atoms with Crippen LogP contribution in [0.3, 0.4) is 0 Å². The molecule has 0 aromatic heterocycles. The minimum absolute atomic E-state index is 0.0929. The summed E-state index contributed by atoms with van der Waals surface area (Å²) in [5.41, 5.74) is 1.47. The van der Waals surface area contributed by atoms with E-state index in [-0.39, 0.29) is 18.6 Å². The molecule has 2 aromatic rings. The van der Waals surface area contributed by atoms with E-state index in [1.54, 1.807) is 37.3 Å². The number of hydrogen-bond donors (Lipinski definition) is 1. The highest BCUT2D eigenvalue weighted by molar-refractivity contribution is 5.77. The van der Waals surface area contributed by atoms with Crippen molar-refractivity contribution in [1.82, 2.24) is 5.06 Å². The number of alkyl halides is 3. The molecule has 1 heterocycles. The number of amides is 1. The van der Waals surface area contributed by atoms with Crippen molar-refractivity contribution in [2.24, 2.45) is 5.92 Å². The summed E-state index contributed by atoms with van der Waals surface area (Å²) < 4.78 is 45.7. The summed E-state index contributed by atoms with van der Waals surface area (Å²) in [6, 6.07) is 13.7. The Labute approximate surface area is 170 Å². The van der Waals surface area contributed by atoms with Crippen LogP contribution in [0.1, 0.15) is 22.8 Å². The fourth-order valence-corrected chi connectivity index (χ4v) is 3.14. The maximum absolute atomic E-state index is 13.6. The first-order valence-electron chi connectivity index (χ1n) is 9.20. The van der Waals surface area contributed by atoms with Gasteiger partial charge in [0.25, 0.3) is 0 Å². The smallest absolute Gasteiger partial charge is 0.443 e. The van der Waals surface area contributed by atoms with Crippen LogP contribution in [-0.4, -0.2) is 41.1 Å². The lowest BCUT2D eigenvalue weighted by Gasteiger charge is -2.27. The largest absolute Gasteiger partial charge is 0.445 e. The molecule has 9 heteroatoms. The fraction of sp³-hybridized carbons (Fsp3) is 0.333. The van der Waals surface area contributed by atoms with Crippen molar-refractivity contribution < 1.29 is 37.4 Å². The van der Waals surface area contributed by atoms with Gasteiger partial charge in [0.1, 0.15) is 18.8 Å². The third-order valence-corrected chi connectivity index (χ3v) is 4.75. The van der Waals surface area contributed by atoms with Crippen molar-refractivity contribution in [2.75, 3.05) is 6.61 Å². The summed E-state index contributed by atoms with van der Waals surface area (Å²) in [4.78, 5) is 29.2. The van der Waals surface area contributed by atoms with Gasteiger partial charge in [-0.3, -0.25) is 0 Å². The number of aliphatic hydroxyl groups is 1. The summed E-state index contributed by atoms with van der Waals surface area (Å²) in [5, 5.41) is 10.8. The Morgan fingerprint density at radius 3 is 2.43 bits per heavy atom. The van der Waals surface area contributed by atoms with E-state index in [4.69, 9.17) is 9.57 Å². The average molecular weight is 423 g/mol. The minimum Gasteiger partial charge on any atom is -0.445 e. The van der Waals surface area contributed by atoms with Gasteiger partial charge in [-0.05, 0) is 24.5 Å². The number of halogens is 3. The Bertz CT molecular complexity index is 886. The molecule has 0 bridgehead atoms.